The lowest BCUT2D eigenvalue weighted by atomic mass is 9.71. The van der Waals surface area contributed by atoms with Crippen molar-refractivity contribution in [2.24, 2.45) is 10.9 Å². The van der Waals surface area contributed by atoms with Gasteiger partial charge in [-0.3, -0.25) is 4.99 Å². The fraction of sp³-hybridized carbons (Fsp3) is 0.643. The molecule has 90 valence electrons. The molecular weight excluding hydrogens is 198 g/mol. The van der Waals surface area contributed by atoms with Gasteiger partial charge in [-0.15, -0.1) is 0 Å². The molecule has 16 heavy (non-hydrogen) atoms. The molecule has 0 N–H and O–H groups in total. The van der Waals surface area contributed by atoms with Crippen molar-refractivity contribution in [2.75, 3.05) is 7.11 Å². The summed E-state index contributed by atoms with van der Waals surface area (Å²) in [5.74, 6) is 0.415. The molecule has 0 bridgehead atoms. The van der Waals surface area contributed by atoms with E-state index in [2.05, 4.69) is 45.5 Å². The van der Waals surface area contributed by atoms with Gasteiger partial charge in [0.25, 0.3) is 0 Å². The zero-order chi connectivity index (χ0) is 12.3. The molecule has 1 aliphatic carbocycles. The average molecular weight is 221 g/mol. The van der Waals surface area contributed by atoms with Crippen molar-refractivity contribution < 1.29 is 4.74 Å². The molecule has 0 aliphatic heterocycles. The van der Waals surface area contributed by atoms with Crippen molar-refractivity contribution in [3.63, 3.8) is 0 Å². The number of hydrogen-bond donors (Lipinski definition) is 0. The van der Waals surface area contributed by atoms with E-state index in [0.717, 1.165) is 6.42 Å². The van der Waals surface area contributed by atoms with E-state index < -0.39 is 0 Å². The number of methoxy groups -OCH3 is 1. The van der Waals surface area contributed by atoms with E-state index in [1.54, 1.807) is 7.11 Å². The molecule has 3 atom stereocenters. The van der Waals surface area contributed by atoms with Crippen molar-refractivity contribution in [1.82, 2.24) is 0 Å². The summed E-state index contributed by atoms with van der Waals surface area (Å²) in [6.45, 7) is 12.2. The molecule has 0 spiro atoms. The topological polar surface area (TPSA) is 21.6 Å². The lowest BCUT2D eigenvalue weighted by Gasteiger charge is -2.42. The Morgan fingerprint density at radius 1 is 1.31 bits per heavy atom. The second-order valence-electron chi connectivity index (χ2n) is 4.87. The standard InChI is InChI=1S/C14H23NO/c1-9(2)7-10(3)11(4)14-12(15-5)8-13(14)16-6/h7,12-14H,5,8H2,1-4,6H3/b11-10+. The Labute approximate surface area is 99.1 Å². The smallest absolute Gasteiger partial charge is 0.0677 e. The Bertz CT molecular complexity index is 324. The van der Waals surface area contributed by atoms with Gasteiger partial charge in [0.15, 0.2) is 0 Å². The van der Waals surface area contributed by atoms with Crippen LogP contribution in [0, 0.1) is 5.92 Å². The fourth-order valence-corrected chi connectivity index (χ4v) is 2.39. The van der Waals surface area contributed by atoms with Crippen LogP contribution in [-0.2, 0) is 4.74 Å². The maximum Gasteiger partial charge on any atom is 0.0677 e. The number of nitrogens with zero attached hydrogens (tertiary/aromatic N) is 1. The zero-order valence-corrected chi connectivity index (χ0v) is 11.1. The summed E-state index contributed by atoms with van der Waals surface area (Å²) in [4.78, 5) is 4.17. The Morgan fingerprint density at radius 2 is 1.94 bits per heavy atom. The molecule has 0 aromatic carbocycles. The minimum Gasteiger partial charge on any atom is -0.381 e. The first-order chi connectivity index (χ1) is 7.51. The van der Waals surface area contributed by atoms with Crippen molar-refractivity contribution in [2.45, 2.75) is 46.3 Å². The first-order valence-corrected chi connectivity index (χ1v) is 5.82. The average Bonchev–Trinajstić information content (AvgIpc) is 2.16. The zero-order valence-electron chi connectivity index (χ0n) is 11.1. The van der Waals surface area contributed by atoms with Crippen molar-refractivity contribution in [3.8, 4) is 0 Å². The SMILES string of the molecule is C=NC1CC(OC)C1/C(C)=C(\C)C=C(C)C. The molecule has 1 saturated carbocycles. The summed E-state index contributed by atoms with van der Waals surface area (Å²) in [6, 6.07) is 0.338. The van der Waals surface area contributed by atoms with Gasteiger partial charge in [0, 0.05) is 13.0 Å². The fourth-order valence-electron chi connectivity index (χ4n) is 2.39. The van der Waals surface area contributed by atoms with E-state index in [4.69, 9.17) is 4.74 Å². The number of ether oxygens (including phenoxy) is 1. The highest BCUT2D eigenvalue weighted by atomic mass is 16.5. The van der Waals surface area contributed by atoms with Gasteiger partial charge in [0.2, 0.25) is 0 Å². The van der Waals surface area contributed by atoms with Crippen molar-refractivity contribution in [3.05, 3.63) is 22.8 Å². The molecule has 3 unspecified atom stereocenters. The van der Waals surface area contributed by atoms with Crippen LogP contribution in [0.4, 0.5) is 0 Å². The van der Waals surface area contributed by atoms with Crippen molar-refractivity contribution in [1.29, 1.82) is 0 Å². The molecule has 0 aromatic rings. The first-order valence-electron chi connectivity index (χ1n) is 5.82. The molecular formula is C14H23NO. The number of allylic oxidation sites excluding steroid dienone is 3. The van der Waals surface area contributed by atoms with E-state index in [1.165, 1.54) is 16.7 Å². The van der Waals surface area contributed by atoms with Crippen LogP contribution in [0.2, 0.25) is 0 Å². The normalized spacial score (nSPS) is 30.2. The predicted molar refractivity (Wildman–Crippen MR) is 70.0 cm³/mol. The largest absolute Gasteiger partial charge is 0.381 e. The van der Waals surface area contributed by atoms with Gasteiger partial charge in [-0.05, 0) is 40.8 Å². The molecule has 0 heterocycles. The highest BCUT2D eigenvalue weighted by molar-refractivity contribution is 5.32. The van der Waals surface area contributed by atoms with Crippen LogP contribution in [0.3, 0.4) is 0 Å². The van der Waals surface area contributed by atoms with Crippen LogP contribution in [0.1, 0.15) is 34.1 Å². The van der Waals surface area contributed by atoms with Gasteiger partial charge < -0.3 is 4.74 Å². The number of hydrogen-bond acceptors (Lipinski definition) is 2. The molecule has 0 aromatic heterocycles. The van der Waals surface area contributed by atoms with E-state index in [0.29, 0.717) is 18.1 Å². The van der Waals surface area contributed by atoms with Crippen LogP contribution in [-0.4, -0.2) is 26.0 Å². The highest BCUT2D eigenvalue weighted by Crippen LogP contribution is 2.39. The van der Waals surface area contributed by atoms with E-state index in [9.17, 15) is 0 Å². The minimum absolute atomic E-state index is 0.316. The van der Waals surface area contributed by atoms with Crippen LogP contribution in [0.25, 0.3) is 0 Å². The third-order valence-corrected chi connectivity index (χ3v) is 3.45. The third-order valence-electron chi connectivity index (χ3n) is 3.45. The van der Waals surface area contributed by atoms with Crippen LogP contribution in [0.15, 0.2) is 27.8 Å². The molecule has 1 fully saturated rings. The van der Waals surface area contributed by atoms with Crippen LogP contribution >= 0.6 is 0 Å². The molecule has 1 aliphatic rings. The van der Waals surface area contributed by atoms with Gasteiger partial charge in [-0.1, -0.05) is 22.8 Å². The molecule has 0 radical (unpaired) electrons. The van der Waals surface area contributed by atoms with Gasteiger partial charge in [0.1, 0.15) is 0 Å². The quantitative estimate of drug-likeness (QED) is 0.526. The monoisotopic (exact) mass is 221 g/mol. The maximum atomic E-state index is 5.46. The van der Waals surface area contributed by atoms with E-state index in [-0.39, 0.29) is 0 Å². The van der Waals surface area contributed by atoms with Gasteiger partial charge in [-0.25, -0.2) is 0 Å². The van der Waals surface area contributed by atoms with Crippen LogP contribution < -0.4 is 0 Å². The summed E-state index contributed by atoms with van der Waals surface area (Å²) in [5, 5.41) is 0. The van der Waals surface area contributed by atoms with Gasteiger partial charge >= 0.3 is 0 Å². The Kier molecular flexibility index (Phi) is 4.48. The second-order valence-corrected chi connectivity index (χ2v) is 4.87. The van der Waals surface area contributed by atoms with E-state index in [1.807, 2.05) is 0 Å². The molecule has 1 rings (SSSR count). The summed E-state index contributed by atoms with van der Waals surface area (Å²) in [6.07, 6.45) is 3.54. The first kappa shape index (κ1) is 13.2. The summed E-state index contributed by atoms with van der Waals surface area (Å²) >= 11 is 0. The number of aliphatic imine (C=N–C) groups is 1. The predicted octanol–water partition coefficient (Wildman–Crippen LogP) is 3.39. The summed E-state index contributed by atoms with van der Waals surface area (Å²) in [7, 11) is 1.78. The molecule has 2 nitrogen and oxygen atoms in total. The minimum atomic E-state index is 0.316. The van der Waals surface area contributed by atoms with E-state index >= 15 is 0 Å². The molecule has 0 amide bonds. The Morgan fingerprint density at radius 3 is 2.38 bits per heavy atom. The summed E-state index contributed by atoms with van der Waals surface area (Å²) < 4.78 is 5.46. The van der Waals surface area contributed by atoms with Crippen molar-refractivity contribution >= 4 is 6.72 Å². The molecule has 0 saturated heterocycles. The Hall–Kier alpha value is -0.890. The highest BCUT2D eigenvalue weighted by Gasteiger charge is 2.42. The summed E-state index contributed by atoms with van der Waals surface area (Å²) in [5.41, 5.74) is 4.05. The lowest BCUT2D eigenvalue weighted by Crippen LogP contribution is -2.46. The van der Waals surface area contributed by atoms with Gasteiger partial charge in [-0.2, -0.15) is 0 Å². The number of rotatable bonds is 4. The second kappa shape index (κ2) is 5.44. The Balaban J connectivity index is 2.89. The lowest BCUT2D eigenvalue weighted by molar-refractivity contribution is -0.0145. The van der Waals surface area contributed by atoms with Crippen LogP contribution in [0.5, 0.6) is 0 Å². The van der Waals surface area contributed by atoms with Gasteiger partial charge in [0.05, 0.1) is 12.1 Å². The molecule has 2 heteroatoms. The maximum absolute atomic E-state index is 5.46. The third kappa shape index (κ3) is 2.62.